The van der Waals surface area contributed by atoms with Crippen LogP contribution < -0.4 is 4.98 Å². The average molecular weight is 509 g/mol. The van der Waals surface area contributed by atoms with Gasteiger partial charge in [0.2, 0.25) is 0 Å². The van der Waals surface area contributed by atoms with Gasteiger partial charge in [0.25, 0.3) is 0 Å². The predicted molar refractivity (Wildman–Crippen MR) is 118 cm³/mol. The van der Waals surface area contributed by atoms with Crippen LogP contribution in [0.5, 0.6) is 0 Å². The molecule has 0 bridgehead atoms. The minimum absolute atomic E-state index is 0.194. The first kappa shape index (κ1) is 25.2. The molecule has 0 radical (unpaired) electrons. The molecule has 0 saturated heterocycles. The standard InChI is InChI=1S/C22H19F3N3.2ClH.Fe/c1-14-4-8-18(9-5-14)26-15(2)20-12-13-21(28-20)16(3)27-19-10-6-17(7-11-19)22(23,24)25;;;/h4-13H,1-3H3;2*1H;/q-1;;;+3/p-2. The minimum atomic E-state index is -4.35. The summed E-state index contributed by atoms with van der Waals surface area (Å²) in [7, 11) is 9.53. The molecule has 31 heavy (non-hydrogen) atoms. The van der Waals surface area contributed by atoms with Gasteiger partial charge in [-0.1, -0.05) is 29.8 Å². The predicted octanol–water partition coefficient (Wildman–Crippen LogP) is 7.63. The van der Waals surface area contributed by atoms with Crippen molar-refractivity contribution in [2.75, 3.05) is 0 Å². The second-order valence-electron chi connectivity index (χ2n) is 6.54. The van der Waals surface area contributed by atoms with Crippen molar-refractivity contribution in [2.45, 2.75) is 26.9 Å². The molecule has 1 heterocycles. The molecule has 0 amide bonds. The fraction of sp³-hybridized carbons (Fsp3) is 0.182. The van der Waals surface area contributed by atoms with Gasteiger partial charge >= 0.3 is 39.5 Å². The fourth-order valence-corrected chi connectivity index (χ4v) is 2.61. The van der Waals surface area contributed by atoms with Crippen molar-refractivity contribution in [3.63, 3.8) is 0 Å². The maximum atomic E-state index is 12.6. The molecule has 3 nitrogen and oxygen atoms in total. The summed E-state index contributed by atoms with van der Waals surface area (Å²) in [5, 5.41) is 0. The normalized spacial score (nSPS) is 12.4. The molecule has 0 atom stereocenters. The van der Waals surface area contributed by atoms with E-state index in [-0.39, 0.29) is 13.1 Å². The van der Waals surface area contributed by atoms with Gasteiger partial charge in [0.15, 0.2) is 0 Å². The summed E-state index contributed by atoms with van der Waals surface area (Å²) in [5.41, 5.74) is 4.56. The number of aryl methyl sites for hydroxylation is 1. The quantitative estimate of drug-likeness (QED) is 0.263. The number of hydrogen-bond donors (Lipinski definition) is 0. The Kier molecular flexibility index (Phi) is 9.38. The monoisotopic (exact) mass is 508 g/mol. The van der Waals surface area contributed by atoms with Crippen LogP contribution in [0, 0.1) is 6.92 Å². The molecular weight excluding hydrogens is 490 g/mol. The Hall–Kier alpha value is -2.05. The summed E-state index contributed by atoms with van der Waals surface area (Å²) in [6.45, 7) is 5.68. The van der Waals surface area contributed by atoms with Crippen LogP contribution in [-0.4, -0.2) is 11.4 Å². The molecule has 0 aliphatic rings. The van der Waals surface area contributed by atoms with Gasteiger partial charge in [-0.05, 0) is 57.2 Å². The molecule has 9 heteroatoms. The van der Waals surface area contributed by atoms with Crippen LogP contribution in [0.4, 0.5) is 24.5 Å². The van der Waals surface area contributed by atoms with E-state index in [2.05, 4.69) is 15.0 Å². The van der Waals surface area contributed by atoms with Gasteiger partial charge in [-0.2, -0.15) is 13.2 Å². The van der Waals surface area contributed by atoms with Crippen LogP contribution >= 0.6 is 20.2 Å². The van der Waals surface area contributed by atoms with Crippen molar-refractivity contribution >= 4 is 43.0 Å². The molecule has 3 rings (SSSR count). The molecule has 2 aromatic carbocycles. The average Bonchev–Trinajstić information content (AvgIpc) is 3.21. The molecule has 0 aliphatic heterocycles. The summed E-state index contributed by atoms with van der Waals surface area (Å²) >= 11 is 0.194. The van der Waals surface area contributed by atoms with E-state index in [9.17, 15) is 13.2 Å². The molecule has 1 aromatic heterocycles. The van der Waals surface area contributed by atoms with Crippen LogP contribution in [0.25, 0.3) is 0 Å². The first-order chi connectivity index (χ1) is 14.6. The number of benzene rings is 2. The molecular formula is C22H19Cl2F3FeN3. The van der Waals surface area contributed by atoms with Gasteiger partial charge in [-0.15, -0.1) is 11.4 Å². The Morgan fingerprint density at radius 2 is 1.16 bits per heavy atom. The first-order valence-corrected chi connectivity index (χ1v) is 12.0. The maximum absolute atomic E-state index is 12.6. The second-order valence-corrected chi connectivity index (χ2v) is 8.36. The third-order valence-electron chi connectivity index (χ3n) is 4.20. The van der Waals surface area contributed by atoms with Crippen LogP contribution in [0.1, 0.15) is 36.4 Å². The molecule has 0 N–H and O–H groups in total. The second kappa shape index (κ2) is 11.5. The van der Waals surface area contributed by atoms with Crippen molar-refractivity contribution in [3.05, 3.63) is 83.2 Å². The number of alkyl halides is 3. The van der Waals surface area contributed by atoms with Crippen molar-refractivity contribution in [2.24, 2.45) is 9.98 Å². The molecule has 0 unspecified atom stereocenters. The molecule has 165 valence electrons. The van der Waals surface area contributed by atoms with E-state index in [1.165, 1.54) is 17.7 Å². The van der Waals surface area contributed by atoms with Gasteiger partial charge in [0.1, 0.15) is 0 Å². The van der Waals surface area contributed by atoms with Gasteiger partial charge < -0.3 is 4.98 Å². The topological polar surface area (TPSA) is 38.8 Å². The van der Waals surface area contributed by atoms with E-state index in [4.69, 9.17) is 20.2 Å². The van der Waals surface area contributed by atoms with E-state index < -0.39 is 11.7 Å². The Morgan fingerprint density at radius 3 is 1.55 bits per heavy atom. The summed E-state index contributed by atoms with van der Waals surface area (Å²) < 4.78 is 37.9. The Bertz CT molecular complexity index is 1040. The molecule has 0 aliphatic carbocycles. The SMILES string of the molecule is CC(=Nc1ccc(C)cc1)c1ccc(C(C)=Nc2ccc(C(F)(F)F)cc2)[n-]1.[Cl][Fe+][Cl]. The zero-order chi connectivity index (χ0) is 23.0. The number of halogens is 5. The molecule has 3 aromatic rings. The Morgan fingerprint density at radius 1 is 0.774 bits per heavy atom. The Balaban J connectivity index is 0.00000107. The number of aromatic nitrogens is 1. The summed E-state index contributed by atoms with van der Waals surface area (Å²) in [4.78, 5) is 13.5. The van der Waals surface area contributed by atoms with Crippen LogP contribution in [0.3, 0.4) is 0 Å². The van der Waals surface area contributed by atoms with Gasteiger partial charge in [0, 0.05) is 11.4 Å². The molecule has 0 fully saturated rings. The number of nitrogens with zero attached hydrogens (tertiary/aromatic N) is 3. The summed E-state index contributed by atoms with van der Waals surface area (Å²) in [6, 6.07) is 16.3. The van der Waals surface area contributed by atoms with Gasteiger partial charge in [-0.25, -0.2) is 0 Å². The number of rotatable bonds is 4. The van der Waals surface area contributed by atoms with E-state index in [0.717, 1.165) is 29.2 Å². The fourth-order valence-electron chi connectivity index (χ4n) is 2.61. The third-order valence-corrected chi connectivity index (χ3v) is 4.20. The number of hydrogen-bond acceptors (Lipinski definition) is 2. The zero-order valence-electron chi connectivity index (χ0n) is 16.9. The van der Waals surface area contributed by atoms with Crippen molar-refractivity contribution < 1.29 is 26.3 Å². The van der Waals surface area contributed by atoms with E-state index in [0.29, 0.717) is 17.1 Å². The van der Waals surface area contributed by atoms with Gasteiger partial charge in [-0.3, -0.25) is 9.98 Å². The zero-order valence-corrected chi connectivity index (χ0v) is 19.5. The van der Waals surface area contributed by atoms with Gasteiger partial charge in [0.05, 0.1) is 16.9 Å². The van der Waals surface area contributed by atoms with E-state index in [1.807, 2.05) is 50.2 Å². The summed E-state index contributed by atoms with van der Waals surface area (Å²) in [5.74, 6) is 0. The van der Waals surface area contributed by atoms with Crippen LogP contribution in [-0.2, 0) is 19.3 Å². The molecule has 0 spiro atoms. The van der Waals surface area contributed by atoms with Crippen LogP contribution in [0.15, 0.2) is 70.6 Å². The van der Waals surface area contributed by atoms with Crippen LogP contribution in [0.2, 0.25) is 0 Å². The Labute approximate surface area is 194 Å². The van der Waals surface area contributed by atoms with Crippen molar-refractivity contribution in [3.8, 4) is 0 Å². The first-order valence-electron chi connectivity index (χ1n) is 8.98. The summed E-state index contributed by atoms with van der Waals surface area (Å²) in [6.07, 6.45) is -4.35. The van der Waals surface area contributed by atoms with Crippen molar-refractivity contribution in [1.29, 1.82) is 0 Å². The number of aliphatic imine (C=N–C) groups is 2. The van der Waals surface area contributed by atoms with E-state index in [1.54, 1.807) is 6.92 Å². The van der Waals surface area contributed by atoms with Crippen molar-refractivity contribution in [1.82, 2.24) is 4.98 Å². The van der Waals surface area contributed by atoms with E-state index >= 15 is 0 Å². The molecule has 0 saturated carbocycles. The third kappa shape index (κ3) is 7.85.